The first kappa shape index (κ1) is 16.2. The number of amides is 3. The summed E-state index contributed by atoms with van der Waals surface area (Å²) in [6.07, 6.45) is 0. The topological polar surface area (TPSA) is 66.5 Å². The zero-order chi connectivity index (χ0) is 17.3. The van der Waals surface area contributed by atoms with E-state index in [0.29, 0.717) is 11.6 Å². The molecule has 0 radical (unpaired) electrons. The lowest BCUT2D eigenvalue weighted by Gasteiger charge is -2.13. The van der Waals surface area contributed by atoms with E-state index in [-0.39, 0.29) is 17.7 Å². The molecule has 2 aromatic carbocycles. The van der Waals surface area contributed by atoms with Gasteiger partial charge in [0.2, 0.25) is 5.91 Å². The number of benzene rings is 2. The summed E-state index contributed by atoms with van der Waals surface area (Å²) < 4.78 is 0. The average molecular weight is 343 g/mol. The largest absolute Gasteiger partial charge is 0.350 e. The summed E-state index contributed by atoms with van der Waals surface area (Å²) in [5, 5.41) is 3.10. The number of halogens is 1. The van der Waals surface area contributed by atoms with Crippen molar-refractivity contribution in [1.82, 2.24) is 10.2 Å². The zero-order valence-electron chi connectivity index (χ0n) is 13.0. The van der Waals surface area contributed by atoms with Crippen molar-refractivity contribution >= 4 is 29.3 Å². The number of rotatable bonds is 4. The average Bonchev–Trinajstić information content (AvgIpc) is 2.78. The van der Waals surface area contributed by atoms with E-state index in [9.17, 15) is 14.4 Å². The predicted molar refractivity (Wildman–Crippen MR) is 89.8 cm³/mol. The monoisotopic (exact) mass is 342 g/mol. The van der Waals surface area contributed by atoms with Gasteiger partial charge in [0.1, 0.15) is 6.54 Å². The first-order valence-corrected chi connectivity index (χ1v) is 7.81. The van der Waals surface area contributed by atoms with E-state index in [2.05, 4.69) is 5.32 Å². The van der Waals surface area contributed by atoms with E-state index in [4.69, 9.17) is 11.6 Å². The molecule has 1 heterocycles. The highest BCUT2D eigenvalue weighted by Crippen LogP contribution is 2.25. The zero-order valence-corrected chi connectivity index (χ0v) is 13.8. The SMILES string of the molecule is Cc1cccc(CNC(=O)CN2C(=O)c3ccc(Cl)cc3C2=O)c1. The number of hydrogen-bond acceptors (Lipinski definition) is 3. The van der Waals surface area contributed by atoms with Gasteiger partial charge in [-0.05, 0) is 30.7 Å². The van der Waals surface area contributed by atoms with Gasteiger partial charge in [-0.3, -0.25) is 19.3 Å². The Balaban J connectivity index is 1.65. The quantitative estimate of drug-likeness (QED) is 0.868. The highest BCUT2D eigenvalue weighted by atomic mass is 35.5. The van der Waals surface area contributed by atoms with Crippen LogP contribution in [0, 0.1) is 6.92 Å². The Labute approximate surface area is 144 Å². The molecular formula is C18H15ClN2O3. The molecule has 0 saturated heterocycles. The highest BCUT2D eigenvalue weighted by molar-refractivity contribution is 6.32. The normalized spacial score (nSPS) is 13.2. The molecule has 0 unspecified atom stereocenters. The fourth-order valence-electron chi connectivity index (χ4n) is 2.63. The van der Waals surface area contributed by atoms with Crippen LogP contribution in [0.5, 0.6) is 0 Å². The summed E-state index contributed by atoms with van der Waals surface area (Å²) in [4.78, 5) is 37.6. The highest BCUT2D eigenvalue weighted by Gasteiger charge is 2.36. The molecule has 0 aromatic heterocycles. The van der Waals surface area contributed by atoms with Crippen molar-refractivity contribution < 1.29 is 14.4 Å². The lowest BCUT2D eigenvalue weighted by molar-refractivity contribution is -0.121. The smallest absolute Gasteiger partial charge is 0.262 e. The van der Waals surface area contributed by atoms with E-state index < -0.39 is 17.7 Å². The molecule has 24 heavy (non-hydrogen) atoms. The van der Waals surface area contributed by atoms with Crippen LogP contribution in [-0.4, -0.2) is 29.2 Å². The van der Waals surface area contributed by atoms with Gasteiger partial charge in [0.25, 0.3) is 11.8 Å². The molecule has 0 atom stereocenters. The van der Waals surface area contributed by atoms with Crippen LogP contribution in [0.2, 0.25) is 5.02 Å². The van der Waals surface area contributed by atoms with Gasteiger partial charge in [-0.15, -0.1) is 0 Å². The summed E-state index contributed by atoms with van der Waals surface area (Å²) in [6, 6.07) is 12.2. The molecule has 122 valence electrons. The third kappa shape index (κ3) is 3.16. The first-order valence-electron chi connectivity index (χ1n) is 7.43. The molecule has 0 saturated carbocycles. The molecular weight excluding hydrogens is 328 g/mol. The van der Waals surface area contributed by atoms with Gasteiger partial charge in [-0.1, -0.05) is 41.4 Å². The number of carbonyl (C=O) groups is 3. The summed E-state index contributed by atoms with van der Waals surface area (Å²) in [5.41, 5.74) is 2.56. The van der Waals surface area contributed by atoms with Crippen LogP contribution >= 0.6 is 11.6 Å². The van der Waals surface area contributed by atoms with Crippen molar-refractivity contribution in [2.75, 3.05) is 6.54 Å². The van der Waals surface area contributed by atoms with Crippen molar-refractivity contribution in [3.05, 3.63) is 69.7 Å². The Morgan fingerprint density at radius 1 is 1.08 bits per heavy atom. The van der Waals surface area contributed by atoms with Gasteiger partial charge in [0.15, 0.2) is 0 Å². The summed E-state index contributed by atoms with van der Waals surface area (Å²) in [5.74, 6) is -1.36. The van der Waals surface area contributed by atoms with Crippen molar-refractivity contribution in [3.8, 4) is 0 Å². The van der Waals surface area contributed by atoms with Crippen LogP contribution in [0.1, 0.15) is 31.8 Å². The van der Waals surface area contributed by atoms with Crippen LogP contribution in [0.4, 0.5) is 0 Å². The van der Waals surface area contributed by atoms with E-state index in [1.807, 2.05) is 31.2 Å². The minimum Gasteiger partial charge on any atom is -0.350 e. The molecule has 3 amide bonds. The van der Waals surface area contributed by atoms with E-state index in [1.54, 1.807) is 6.07 Å². The van der Waals surface area contributed by atoms with E-state index in [0.717, 1.165) is 16.0 Å². The number of imide groups is 1. The second kappa shape index (κ2) is 6.45. The molecule has 1 N–H and O–H groups in total. The summed E-state index contributed by atoms with van der Waals surface area (Å²) in [7, 11) is 0. The van der Waals surface area contributed by atoms with Crippen molar-refractivity contribution in [2.24, 2.45) is 0 Å². The molecule has 6 heteroatoms. The second-order valence-electron chi connectivity index (χ2n) is 5.65. The van der Waals surface area contributed by atoms with E-state index >= 15 is 0 Å². The van der Waals surface area contributed by atoms with Crippen LogP contribution < -0.4 is 5.32 Å². The Bertz CT molecular complexity index is 848. The number of fused-ring (bicyclic) bond motifs is 1. The Morgan fingerprint density at radius 2 is 1.83 bits per heavy atom. The maximum Gasteiger partial charge on any atom is 0.262 e. The van der Waals surface area contributed by atoms with Crippen LogP contribution in [-0.2, 0) is 11.3 Å². The number of aryl methyl sites for hydroxylation is 1. The Morgan fingerprint density at radius 3 is 2.58 bits per heavy atom. The molecule has 0 aliphatic carbocycles. The third-order valence-electron chi connectivity index (χ3n) is 3.81. The minimum absolute atomic E-state index is 0.235. The summed E-state index contributed by atoms with van der Waals surface area (Å²) >= 11 is 5.86. The molecule has 2 aromatic rings. The van der Waals surface area contributed by atoms with Crippen molar-refractivity contribution in [1.29, 1.82) is 0 Å². The molecule has 0 fully saturated rings. The fourth-order valence-corrected chi connectivity index (χ4v) is 2.80. The van der Waals surface area contributed by atoms with Gasteiger partial charge in [-0.2, -0.15) is 0 Å². The van der Waals surface area contributed by atoms with Crippen molar-refractivity contribution in [3.63, 3.8) is 0 Å². The first-order chi connectivity index (χ1) is 11.5. The molecule has 0 bridgehead atoms. The molecule has 5 nitrogen and oxygen atoms in total. The lowest BCUT2D eigenvalue weighted by Crippen LogP contribution is -2.40. The standard InChI is InChI=1S/C18H15ClN2O3/c1-11-3-2-4-12(7-11)9-20-16(22)10-21-17(23)14-6-5-13(19)8-15(14)18(21)24/h2-8H,9-10H2,1H3,(H,20,22). The van der Waals surface area contributed by atoms with Gasteiger partial charge < -0.3 is 5.32 Å². The molecule has 1 aliphatic heterocycles. The van der Waals surface area contributed by atoms with E-state index in [1.165, 1.54) is 12.1 Å². The van der Waals surface area contributed by atoms with Crippen LogP contribution in [0.25, 0.3) is 0 Å². The number of hydrogen-bond donors (Lipinski definition) is 1. The fraction of sp³-hybridized carbons (Fsp3) is 0.167. The van der Waals surface area contributed by atoms with Gasteiger partial charge in [-0.25, -0.2) is 0 Å². The van der Waals surface area contributed by atoms with Gasteiger partial charge in [0, 0.05) is 11.6 Å². The predicted octanol–water partition coefficient (Wildman–Crippen LogP) is 2.56. The number of nitrogens with one attached hydrogen (secondary N) is 1. The third-order valence-corrected chi connectivity index (χ3v) is 4.04. The van der Waals surface area contributed by atoms with Gasteiger partial charge >= 0.3 is 0 Å². The van der Waals surface area contributed by atoms with Crippen LogP contribution in [0.3, 0.4) is 0 Å². The second-order valence-corrected chi connectivity index (χ2v) is 6.09. The number of nitrogens with zero attached hydrogens (tertiary/aromatic N) is 1. The number of carbonyl (C=O) groups excluding carboxylic acids is 3. The molecule has 3 rings (SSSR count). The summed E-state index contributed by atoms with van der Waals surface area (Å²) in [6.45, 7) is 2.00. The molecule has 1 aliphatic rings. The molecule has 0 spiro atoms. The lowest BCUT2D eigenvalue weighted by atomic mass is 10.1. The Hall–Kier alpha value is -2.66. The maximum absolute atomic E-state index is 12.3. The van der Waals surface area contributed by atoms with Crippen LogP contribution in [0.15, 0.2) is 42.5 Å². The maximum atomic E-state index is 12.3. The van der Waals surface area contributed by atoms with Gasteiger partial charge in [0.05, 0.1) is 11.1 Å². The van der Waals surface area contributed by atoms with Crippen molar-refractivity contribution in [2.45, 2.75) is 13.5 Å². The minimum atomic E-state index is -0.497. The Kier molecular flexibility index (Phi) is 4.36.